The first-order chi connectivity index (χ1) is 9.64. The fourth-order valence-corrected chi connectivity index (χ4v) is 1.98. The fraction of sp³-hybridized carbons (Fsp3) is 0.533. The average molecular weight is 313 g/mol. The first-order valence-corrected chi connectivity index (χ1v) is 7.31. The average Bonchev–Trinajstić information content (AvgIpc) is 2.39. The van der Waals surface area contributed by atoms with Crippen LogP contribution in [0.3, 0.4) is 0 Å². The lowest BCUT2D eigenvalue weighted by molar-refractivity contribution is -0.150. The monoisotopic (exact) mass is 313 g/mol. The topological polar surface area (TPSA) is 92.8 Å². The number of carbonyl (C=O) groups excluding carboxylic acids is 1. The van der Waals surface area contributed by atoms with Crippen molar-refractivity contribution in [1.29, 1.82) is 0 Å². The van der Waals surface area contributed by atoms with Crippen molar-refractivity contribution in [1.82, 2.24) is 0 Å². The van der Waals surface area contributed by atoms with Crippen molar-refractivity contribution in [2.24, 2.45) is 11.7 Å². The van der Waals surface area contributed by atoms with Gasteiger partial charge in [-0.2, -0.15) is 12.6 Å². The normalized spacial score (nSPS) is 15.5. The van der Waals surface area contributed by atoms with Crippen molar-refractivity contribution in [2.45, 2.75) is 38.0 Å². The van der Waals surface area contributed by atoms with Crippen molar-refractivity contribution >= 4 is 18.6 Å². The Bertz CT molecular complexity index is 502. The highest BCUT2D eigenvalue weighted by Gasteiger charge is 2.37. The second kappa shape index (κ2) is 7.04. The van der Waals surface area contributed by atoms with Crippen molar-refractivity contribution in [3.8, 4) is 11.5 Å². The molecule has 6 heteroatoms. The third-order valence-electron chi connectivity index (χ3n) is 3.15. The summed E-state index contributed by atoms with van der Waals surface area (Å²) < 4.78 is 5.17. The molecule has 0 aliphatic heterocycles. The summed E-state index contributed by atoms with van der Waals surface area (Å²) in [6.45, 7) is 5.77. The number of ether oxygens (including phenoxy) is 1. The number of benzene rings is 1. The summed E-state index contributed by atoms with van der Waals surface area (Å²) in [6.07, 6.45) is 0.362. The highest BCUT2D eigenvalue weighted by molar-refractivity contribution is 7.81. The molecular formula is C15H23NO4S. The molecular weight excluding hydrogens is 290 g/mol. The van der Waals surface area contributed by atoms with Crippen LogP contribution in [0, 0.1) is 5.92 Å². The van der Waals surface area contributed by atoms with Gasteiger partial charge in [0.2, 0.25) is 0 Å². The Balaban J connectivity index is 2.73. The highest BCUT2D eigenvalue weighted by Crippen LogP contribution is 2.27. The lowest BCUT2D eigenvalue weighted by atomic mass is 9.93. The third-order valence-corrected chi connectivity index (χ3v) is 3.87. The van der Waals surface area contributed by atoms with E-state index < -0.39 is 16.8 Å². The molecule has 0 saturated heterocycles. The van der Waals surface area contributed by atoms with Crippen LogP contribution >= 0.6 is 12.6 Å². The minimum absolute atomic E-state index is 0.193. The summed E-state index contributed by atoms with van der Waals surface area (Å²) in [5.74, 6) is -0.674. The quantitative estimate of drug-likeness (QED) is 0.365. The van der Waals surface area contributed by atoms with E-state index in [9.17, 15) is 15.0 Å². The summed E-state index contributed by atoms with van der Waals surface area (Å²) in [7, 11) is 0. The lowest BCUT2D eigenvalue weighted by Gasteiger charge is -2.29. The van der Waals surface area contributed by atoms with Crippen molar-refractivity contribution in [3.05, 3.63) is 23.8 Å². The SMILES string of the molecule is CC(C)COC(=O)C(C)(N)C(S)Cc1ccc(O)c(O)c1. The number of phenolic OH excluding ortho intramolecular Hbond substituents is 2. The molecule has 0 saturated carbocycles. The molecule has 118 valence electrons. The van der Waals surface area contributed by atoms with Crippen LogP contribution in [0.1, 0.15) is 26.3 Å². The van der Waals surface area contributed by atoms with Crippen LogP contribution in [0.4, 0.5) is 0 Å². The minimum atomic E-state index is -1.24. The van der Waals surface area contributed by atoms with Gasteiger partial charge >= 0.3 is 5.97 Å². The molecule has 0 aliphatic carbocycles. The fourth-order valence-electron chi connectivity index (χ4n) is 1.67. The molecule has 0 amide bonds. The van der Waals surface area contributed by atoms with E-state index in [1.54, 1.807) is 13.0 Å². The molecule has 0 bridgehead atoms. The van der Waals surface area contributed by atoms with E-state index in [0.29, 0.717) is 13.0 Å². The van der Waals surface area contributed by atoms with Crippen LogP contribution in [0.25, 0.3) is 0 Å². The lowest BCUT2D eigenvalue weighted by Crippen LogP contribution is -2.54. The summed E-state index contributed by atoms with van der Waals surface area (Å²) in [4.78, 5) is 12.0. The van der Waals surface area contributed by atoms with E-state index in [2.05, 4.69) is 12.6 Å². The van der Waals surface area contributed by atoms with Gasteiger partial charge < -0.3 is 20.7 Å². The van der Waals surface area contributed by atoms with Gasteiger partial charge in [0.25, 0.3) is 0 Å². The zero-order valence-corrected chi connectivity index (χ0v) is 13.4. The maximum absolute atomic E-state index is 12.0. The molecule has 1 aromatic rings. The van der Waals surface area contributed by atoms with E-state index in [-0.39, 0.29) is 17.4 Å². The van der Waals surface area contributed by atoms with E-state index in [1.165, 1.54) is 12.1 Å². The Kier molecular flexibility index (Phi) is 5.92. The number of rotatable bonds is 6. The van der Waals surface area contributed by atoms with E-state index in [1.807, 2.05) is 13.8 Å². The van der Waals surface area contributed by atoms with Gasteiger partial charge in [-0.1, -0.05) is 19.9 Å². The van der Waals surface area contributed by atoms with E-state index in [0.717, 1.165) is 5.56 Å². The van der Waals surface area contributed by atoms with Crippen molar-refractivity contribution in [2.75, 3.05) is 6.61 Å². The molecule has 0 aromatic heterocycles. The number of hydrogen-bond acceptors (Lipinski definition) is 6. The van der Waals surface area contributed by atoms with Crippen LogP contribution in [0.2, 0.25) is 0 Å². The molecule has 1 aromatic carbocycles. The minimum Gasteiger partial charge on any atom is -0.504 e. The number of hydrogen-bond donors (Lipinski definition) is 4. The molecule has 2 unspecified atom stereocenters. The summed E-state index contributed by atoms with van der Waals surface area (Å²) in [6, 6.07) is 4.46. The second-order valence-electron chi connectivity index (χ2n) is 5.82. The Morgan fingerprint density at radius 3 is 2.52 bits per heavy atom. The number of thiol groups is 1. The van der Waals surface area contributed by atoms with Gasteiger partial charge in [-0.3, -0.25) is 4.79 Å². The largest absolute Gasteiger partial charge is 0.504 e. The Labute approximate surface area is 130 Å². The smallest absolute Gasteiger partial charge is 0.326 e. The molecule has 0 aliphatic rings. The van der Waals surface area contributed by atoms with Crippen molar-refractivity contribution < 1.29 is 19.7 Å². The molecule has 0 heterocycles. The molecule has 21 heavy (non-hydrogen) atoms. The molecule has 0 radical (unpaired) electrons. The van der Waals surface area contributed by atoms with Crippen LogP contribution < -0.4 is 5.73 Å². The Hall–Kier alpha value is -1.40. The summed E-state index contributed by atoms with van der Waals surface area (Å²) in [5.41, 5.74) is 5.52. The van der Waals surface area contributed by atoms with Gasteiger partial charge in [-0.15, -0.1) is 0 Å². The molecule has 1 rings (SSSR count). The Morgan fingerprint density at radius 1 is 1.38 bits per heavy atom. The highest BCUT2D eigenvalue weighted by atomic mass is 32.1. The molecule has 5 nitrogen and oxygen atoms in total. The summed E-state index contributed by atoms with van der Waals surface area (Å²) >= 11 is 4.40. The van der Waals surface area contributed by atoms with Crippen LogP contribution in [0.15, 0.2) is 18.2 Å². The van der Waals surface area contributed by atoms with Crippen LogP contribution in [0.5, 0.6) is 11.5 Å². The maximum atomic E-state index is 12.0. The molecule has 0 fully saturated rings. The van der Waals surface area contributed by atoms with Gasteiger partial charge in [-0.25, -0.2) is 0 Å². The van der Waals surface area contributed by atoms with Crippen molar-refractivity contribution in [3.63, 3.8) is 0 Å². The molecule has 2 atom stereocenters. The van der Waals surface area contributed by atoms with Gasteiger partial charge in [0.1, 0.15) is 5.54 Å². The maximum Gasteiger partial charge on any atom is 0.326 e. The predicted molar refractivity (Wildman–Crippen MR) is 84.6 cm³/mol. The first-order valence-electron chi connectivity index (χ1n) is 6.79. The Morgan fingerprint density at radius 2 is 2.00 bits per heavy atom. The zero-order chi connectivity index (χ0) is 16.2. The van der Waals surface area contributed by atoms with Gasteiger partial charge in [0.15, 0.2) is 11.5 Å². The number of nitrogens with two attached hydrogens (primary N) is 1. The molecule has 4 N–H and O–H groups in total. The standard InChI is InChI=1S/C15H23NO4S/c1-9(2)8-20-14(19)15(3,16)13(21)7-10-4-5-11(17)12(18)6-10/h4-6,9,13,17-18,21H,7-8,16H2,1-3H3. The van der Waals surface area contributed by atoms with E-state index >= 15 is 0 Å². The van der Waals surface area contributed by atoms with Gasteiger partial charge in [0, 0.05) is 5.25 Å². The number of esters is 1. The number of phenols is 2. The third kappa shape index (κ3) is 4.82. The number of aromatic hydroxyl groups is 2. The number of carbonyl (C=O) groups is 1. The molecule has 0 spiro atoms. The first kappa shape index (κ1) is 17.7. The van der Waals surface area contributed by atoms with Gasteiger partial charge in [-0.05, 0) is 37.0 Å². The van der Waals surface area contributed by atoms with Crippen LogP contribution in [-0.4, -0.2) is 33.6 Å². The predicted octanol–water partition coefficient (Wildman–Crippen LogP) is 1.86. The summed E-state index contributed by atoms with van der Waals surface area (Å²) in [5, 5.41) is 18.3. The second-order valence-corrected chi connectivity index (χ2v) is 6.44. The zero-order valence-electron chi connectivity index (χ0n) is 12.5. The van der Waals surface area contributed by atoms with Crippen LogP contribution in [-0.2, 0) is 16.0 Å². The van der Waals surface area contributed by atoms with Gasteiger partial charge in [0.05, 0.1) is 6.61 Å². The van der Waals surface area contributed by atoms with E-state index in [4.69, 9.17) is 10.5 Å².